The molecule has 55 heavy (non-hydrogen) atoms. The van der Waals surface area contributed by atoms with Crippen molar-refractivity contribution in [2.24, 2.45) is 0 Å². The molecule has 0 aliphatic carbocycles. The van der Waals surface area contributed by atoms with Gasteiger partial charge in [-0.1, -0.05) is 102 Å². The minimum Gasteiger partial charge on any atom is -0.352 e. The summed E-state index contributed by atoms with van der Waals surface area (Å²) >= 11 is 1.70. The van der Waals surface area contributed by atoms with E-state index in [4.69, 9.17) is 9.97 Å². The van der Waals surface area contributed by atoms with E-state index in [0.717, 1.165) is 71.5 Å². The Balaban J connectivity index is 0.00000352. The molecule has 0 radical (unpaired) electrons. The Morgan fingerprint density at radius 1 is 0.473 bits per heavy atom. The van der Waals surface area contributed by atoms with Crippen LogP contribution in [0.2, 0.25) is 0 Å². The second-order valence-electron chi connectivity index (χ2n) is 13.7. The van der Waals surface area contributed by atoms with Gasteiger partial charge in [-0.05, 0) is 58.8 Å². The molecular weight excluding hydrogens is 874 g/mol. The van der Waals surface area contributed by atoms with Gasteiger partial charge in [-0.25, -0.2) is 4.98 Å². The number of para-hydroxylation sites is 5. The van der Waals surface area contributed by atoms with Crippen LogP contribution in [0.4, 0.5) is 0 Å². The summed E-state index contributed by atoms with van der Waals surface area (Å²) in [7, 11) is 0. The van der Waals surface area contributed by atoms with Gasteiger partial charge in [-0.3, -0.25) is 4.98 Å². The third kappa shape index (κ3) is 4.75. The van der Waals surface area contributed by atoms with Crippen molar-refractivity contribution in [3.8, 4) is 27.8 Å². The van der Waals surface area contributed by atoms with E-state index in [0.29, 0.717) is 0 Å². The SMILES string of the molecule is [Pt+2].[c-]1c(-c2nc3ccccc3s2)ccc2c3ccccc3n(-c3[c-]c4c(cc3)c3ccccc3n4-c3cc(-n4c5ccccc5c5ccccc54)ccn3)c12. The van der Waals surface area contributed by atoms with Crippen molar-refractivity contribution in [1.82, 2.24) is 23.7 Å². The molecule has 0 atom stereocenters. The quantitative estimate of drug-likeness (QED) is 0.165. The van der Waals surface area contributed by atoms with Crippen LogP contribution in [0.25, 0.3) is 103 Å². The van der Waals surface area contributed by atoms with Crippen molar-refractivity contribution >= 4 is 87.0 Å². The number of hydrogen-bond acceptors (Lipinski definition) is 3. The summed E-state index contributed by atoms with van der Waals surface area (Å²) in [5.41, 5.74) is 10.5. The van der Waals surface area contributed by atoms with Gasteiger partial charge in [0, 0.05) is 43.8 Å². The van der Waals surface area contributed by atoms with Crippen molar-refractivity contribution in [1.29, 1.82) is 0 Å². The maximum atomic E-state index is 5.02. The van der Waals surface area contributed by atoms with Crippen LogP contribution in [-0.2, 0) is 21.1 Å². The fraction of sp³-hybridized carbons (Fsp3) is 0. The molecule has 0 amide bonds. The monoisotopic (exact) mass is 900 g/mol. The van der Waals surface area contributed by atoms with Crippen LogP contribution in [0, 0.1) is 12.1 Å². The van der Waals surface area contributed by atoms with Crippen LogP contribution in [-0.4, -0.2) is 23.7 Å². The number of benzene rings is 7. The molecule has 0 saturated carbocycles. The molecule has 0 spiro atoms. The summed E-state index contributed by atoms with van der Waals surface area (Å²) in [5.74, 6) is 0.834. The Kier molecular flexibility index (Phi) is 7.22. The maximum absolute atomic E-state index is 5.02. The largest absolute Gasteiger partial charge is 2.00 e. The molecule has 12 aromatic rings. The van der Waals surface area contributed by atoms with Crippen LogP contribution < -0.4 is 0 Å². The minimum atomic E-state index is 0. The van der Waals surface area contributed by atoms with Crippen molar-refractivity contribution in [2.75, 3.05) is 0 Å². The van der Waals surface area contributed by atoms with Crippen molar-refractivity contribution in [2.45, 2.75) is 0 Å². The molecule has 5 aromatic heterocycles. The zero-order chi connectivity index (χ0) is 35.3. The van der Waals surface area contributed by atoms with Crippen LogP contribution in [0.5, 0.6) is 0 Å². The van der Waals surface area contributed by atoms with Gasteiger partial charge >= 0.3 is 21.1 Å². The Bertz CT molecular complexity index is 3390. The number of nitrogens with zero attached hydrogens (tertiary/aromatic N) is 5. The molecule has 7 aromatic carbocycles. The van der Waals surface area contributed by atoms with Gasteiger partial charge in [-0.15, -0.1) is 41.3 Å². The second kappa shape index (κ2) is 12.4. The van der Waals surface area contributed by atoms with Gasteiger partial charge in [0.05, 0.1) is 22.2 Å². The van der Waals surface area contributed by atoms with Crippen molar-refractivity contribution in [3.05, 3.63) is 176 Å². The summed E-state index contributed by atoms with van der Waals surface area (Å²) in [6.45, 7) is 0. The molecule has 0 bridgehead atoms. The zero-order valence-corrected chi connectivity index (χ0v) is 32.1. The van der Waals surface area contributed by atoms with Gasteiger partial charge in [-0.2, -0.15) is 17.4 Å². The van der Waals surface area contributed by atoms with Gasteiger partial charge in [0.2, 0.25) is 0 Å². The summed E-state index contributed by atoms with van der Waals surface area (Å²) in [6, 6.07) is 63.5. The molecule has 12 rings (SSSR count). The smallest absolute Gasteiger partial charge is 0.352 e. The fourth-order valence-corrected chi connectivity index (χ4v) is 9.32. The Labute approximate surface area is 333 Å². The Morgan fingerprint density at radius 3 is 1.69 bits per heavy atom. The van der Waals surface area contributed by atoms with Crippen LogP contribution in [0.15, 0.2) is 164 Å². The summed E-state index contributed by atoms with van der Waals surface area (Å²) in [4.78, 5) is 9.99. The number of thiazole rings is 1. The van der Waals surface area contributed by atoms with Gasteiger partial charge in [0.15, 0.2) is 0 Å². The average molecular weight is 901 g/mol. The van der Waals surface area contributed by atoms with E-state index in [9.17, 15) is 0 Å². The Morgan fingerprint density at radius 2 is 1.02 bits per heavy atom. The second-order valence-corrected chi connectivity index (χ2v) is 14.7. The number of hydrogen-bond donors (Lipinski definition) is 0. The van der Waals surface area contributed by atoms with Crippen LogP contribution in [0.3, 0.4) is 0 Å². The van der Waals surface area contributed by atoms with E-state index in [-0.39, 0.29) is 21.1 Å². The van der Waals surface area contributed by atoms with E-state index in [1.165, 1.54) is 31.9 Å². The predicted molar refractivity (Wildman–Crippen MR) is 224 cm³/mol. The van der Waals surface area contributed by atoms with Gasteiger partial charge in [0.1, 0.15) is 5.82 Å². The molecule has 0 aliphatic heterocycles. The number of aromatic nitrogens is 5. The molecule has 260 valence electrons. The number of pyridine rings is 1. The van der Waals surface area contributed by atoms with E-state index < -0.39 is 0 Å². The first kappa shape index (κ1) is 32.1. The zero-order valence-electron chi connectivity index (χ0n) is 29.0. The molecule has 5 nitrogen and oxygen atoms in total. The van der Waals surface area contributed by atoms with Gasteiger partial charge in [0.25, 0.3) is 0 Å². The first-order valence-electron chi connectivity index (χ1n) is 18.0. The molecule has 5 heterocycles. The van der Waals surface area contributed by atoms with E-state index in [2.05, 4.69) is 177 Å². The summed E-state index contributed by atoms with van der Waals surface area (Å²) in [6.07, 6.45) is 1.92. The summed E-state index contributed by atoms with van der Waals surface area (Å²) in [5, 5.41) is 8.03. The minimum absolute atomic E-state index is 0. The van der Waals surface area contributed by atoms with E-state index in [1.807, 2.05) is 12.3 Å². The van der Waals surface area contributed by atoms with Crippen LogP contribution in [0.1, 0.15) is 0 Å². The van der Waals surface area contributed by atoms with E-state index in [1.54, 1.807) is 11.3 Å². The number of fused-ring (bicyclic) bond motifs is 10. The summed E-state index contributed by atoms with van der Waals surface area (Å²) < 4.78 is 8.07. The average Bonchev–Trinajstić information content (AvgIpc) is 3.98. The number of rotatable bonds is 4. The molecular formula is C48H27N5PtS. The third-order valence-corrected chi connectivity index (χ3v) is 11.8. The normalized spacial score (nSPS) is 11.9. The standard InChI is InChI=1S/C48H27N5S.Pt/c1-6-16-40-33(11-1)34-12-2-7-17-41(34)51(40)32-25-26-49-47(29-32)53-43-19-9-4-14-36(43)38-24-22-31(28-45(38)53)52-42-18-8-3-13-35(42)37-23-21-30(27-44(37)52)48-50-39-15-5-10-20-46(39)54-48;/h1-26,29H;/q-2;+2. The van der Waals surface area contributed by atoms with Crippen molar-refractivity contribution < 1.29 is 21.1 Å². The molecule has 7 heteroatoms. The van der Waals surface area contributed by atoms with Crippen molar-refractivity contribution in [3.63, 3.8) is 0 Å². The molecule has 0 saturated heterocycles. The predicted octanol–water partition coefficient (Wildman–Crippen LogP) is 12.2. The van der Waals surface area contributed by atoms with Gasteiger partial charge < -0.3 is 13.7 Å². The first-order chi connectivity index (χ1) is 26.8. The molecule has 0 unspecified atom stereocenters. The van der Waals surface area contributed by atoms with Crippen LogP contribution >= 0.6 is 11.3 Å². The van der Waals surface area contributed by atoms with E-state index >= 15 is 0 Å². The molecule has 0 aliphatic rings. The fourth-order valence-electron chi connectivity index (χ4n) is 8.38. The third-order valence-electron chi connectivity index (χ3n) is 10.7. The topological polar surface area (TPSA) is 40.6 Å². The maximum Gasteiger partial charge on any atom is 2.00 e. The Hall–Kier alpha value is -6.33. The molecule has 0 N–H and O–H groups in total. The first-order valence-corrected chi connectivity index (χ1v) is 18.8. The molecule has 0 fully saturated rings.